The molecular weight excluding hydrogens is 717 g/mol. The molecule has 3 heteroatoms. The normalized spacial score (nSPS) is 11.7. The Morgan fingerprint density at radius 2 is 0.831 bits per heavy atom. The molecule has 9 aromatic carbocycles. The van der Waals surface area contributed by atoms with Gasteiger partial charge in [0.15, 0.2) is 5.82 Å². The lowest BCUT2D eigenvalue weighted by Gasteiger charge is -2.14. The number of benzene rings is 9. The van der Waals surface area contributed by atoms with Crippen LogP contribution in [0, 0.1) is 0 Å². The van der Waals surface area contributed by atoms with Crippen LogP contribution in [0.2, 0.25) is 0 Å². The van der Waals surface area contributed by atoms with Gasteiger partial charge in [0.05, 0.1) is 11.4 Å². The number of nitrogens with zero attached hydrogens (tertiary/aromatic N) is 2. The summed E-state index contributed by atoms with van der Waals surface area (Å²) >= 11 is 0. The molecule has 0 unspecified atom stereocenters. The van der Waals surface area contributed by atoms with Crippen molar-refractivity contribution in [2.45, 2.75) is 0 Å². The van der Waals surface area contributed by atoms with Gasteiger partial charge in [-0.1, -0.05) is 176 Å². The standard InChI is InChI=1S/C56H34N2O/c1-3-13-35(14-4-1)39-31-40(43-20-11-23-50-46-19-9-10-24-53(46)59-55(43)50)33-41(32-39)52-34-51(57-56(58-52)38-15-5-2-6-16-38)37-27-25-36(26-28-37)42-29-30-49-45-18-8-7-17-44(45)48-22-12-21-47(42)54(48)49/h1-34H. The zero-order chi connectivity index (χ0) is 38.9. The molecule has 1 aliphatic carbocycles. The highest BCUT2D eigenvalue weighted by Crippen LogP contribution is 2.49. The van der Waals surface area contributed by atoms with Gasteiger partial charge in [0.25, 0.3) is 0 Å². The van der Waals surface area contributed by atoms with E-state index in [-0.39, 0.29) is 0 Å². The zero-order valence-corrected chi connectivity index (χ0v) is 31.9. The van der Waals surface area contributed by atoms with Crippen LogP contribution in [-0.4, -0.2) is 9.97 Å². The second-order valence-electron chi connectivity index (χ2n) is 15.3. The maximum Gasteiger partial charge on any atom is 0.160 e. The molecule has 0 atom stereocenters. The first-order valence-corrected chi connectivity index (χ1v) is 20.1. The van der Waals surface area contributed by atoms with Crippen LogP contribution >= 0.6 is 0 Å². The van der Waals surface area contributed by atoms with Gasteiger partial charge in [0, 0.05) is 33.0 Å². The van der Waals surface area contributed by atoms with Gasteiger partial charge in [-0.2, -0.15) is 0 Å². The van der Waals surface area contributed by atoms with Gasteiger partial charge in [-0.25, -0.2) is 9.97 Å². The Balaban J connectivity index is 1.01. The number of hydrogen-bond donors (Lipinski definition) is 0. The molecular formula is C56H34N2O. The number of para-hydroxylation sites is 2. The molecule has 12 rings (SSSR count). The number of hydrogen-bond acceptors (Lipinski definition) is 3. The van der Waals surface area contributed by atoms with E-state index in [1.807, 2.05) is 30.3 Å². The molecule has 3 nitrogen and oxygen atoms in total. The summed E-state index contributed by atoms with van der Waals surface area (Å²) in [4.78, 5) is 10.5. The van der Waals surface area contributed by atoms with Crippen molar-refractivity contribution in [3.63, 3.8) is 0 Å². The van der Waals surface area contributed by atoms with Crippen LogP contribution in [-0.2, 0) is 0 Å². The van der Waals surface area contributed by atoms with Crippen molar-refractivity contribution < 1.29 is 4.42 Å². The first-order valence-electron chi connectivity index (χ1n) is 20.1. The zero-order valence-electron chi connectivity index (χ0n) is 31.9. The fourth-order valence-electron chi connectivity index (χ4n) is 9.04. The largest absolute Gasteiger partial charge is 0.455 e. The Kier molecular flexibility index (Phi) is 7.54. The minimum atomic E-state index is 0.681. The third-order valence-corrected chi connectivity index (χ3v) is 11.8. The van der Waals surface area contributed by atoms with Gasteiger partial charge in [-0.3, -0.25) is 0 Å². The van der Waals surface area contributed by atoms with Gasteiger partial charge in [-0.05, 0) is 91.2 Å². The Hall–Kier alpha value is -7.88. The van der Waals surface area contributed by atoms with Gasteiger partial charge in [-0.15, -0.1) is 0 Å². The third kappa shape index (κ3) is 5.51. The van der Waals surface area contributed by atoms with Crippen molar-refractivity contribution >= 4 is 32.7 Å². The Morgan fingerprint density at radius 1 is 0.288 bits per heavy atom. The molecule has 0 bridgehead atoms. The Morgan fingerprint density at radius 3 is 1.61 bits per heavy atom. The molecule has 2 heterocycles. The number of rotatable bonds is 6. The summed E-state index contributed by atoms with van der Waals surface area (Å²) < 4.78 is 6.55. The number of aromatic nitrogens is 2. The summed E-state index contributed by atoms with van der Waals surface area (Å²) in [6.45, 7) is 0. The van der Waals surface area contributed by atoms with Gasteiger partial charge < -0.3 is 4.42 Å². The number of furan rings is 1. The van der Waals surface area contributed by atoms with E-state index >= 15 is 0 Å². The van der Waals surface area contributed by atoms with E-state index in [1.165, 1.54) is 44.2 Å². The van der Waals surface area contributed by atoms with Crippen molar-refractivity contribution in [1.82, 2.24) is 9.97 Å². The third-order valence-electron chi connectivity index (χ3n) is 11.8. The fourth-order valence-corrected chi connectivity index (χ4v) is 9.04. The molecule has 0 radical (unpaired) electrons. The van der Waals surface area contributed by atoms with E-state index in [2.05, 4.69) is 176 Å². The average molecular weight is 751 g/mol. The molecule has 2 aromatic heterocycles. The summed E-state index contributed by atoms with van der Waals surface area (Å²) in [6.07, 6.45) is 0. The minimum Gasteiger partial charge on any atom is -0.455 e. The highest BCUT2D eigenvalue weighted by Gasteiger charge is 2.22. The molecule has 274 valence electrons. The monoisotopic (exact) mass is 750 g/mol. The van der Waals surface area contributed by atoms with Crippen molar-refractivity contribution in [3.8, 4) is 89.5 Å². The first-order chi connectivity index (χ1) is 29.2. The lowest BCUT2D eigenvalue weighted by atomic mass is 9.93. The van der Waals surface area contributed by atoms with Crippen LogP contribution in [0.1, 0.15) is 0 Å². The molecule has 0 N–H and O–H groups in total. The molecule has 0 saturated heterocycles. The lowest BCUT2D eigenvalue weighted by Crippen LogP contribution is -1.96. The molecule has 0 aliphatic heterocycles. The predicted octanol–water partition coefficient (Wildman–Crippen LogP) is 15.2. The highest BCUT2D eigenvalue weighted by molar-refractivity contribution is 6.18. The summed E-state index contributed by atoms with van der Waals surface area (Å²) in [5.74, 6) is 0.681. The van der Waals surface area contributed by atoms with Crippen LogP contribution in [0.5, 0.6) is 0 Å². The summed E-state index contributed by atoms with van der Waals surface area (Å²) in [7, 11) is 0. The molecule has 0 saturated carbocycles. The Labute approximate surface area is 341 Å². The van der Waals surface area contributed by atoms with E-state index in [1.54, 1.807) is 0 Å². The summed E-state index contributed by atoms with van der Waals surface area (Å²) in [6, 6.07) is 73.2. The lowest BCUT2D eigenvalue weighted by molar-refractivity contribution is 0.670. The van der Waals surface area contributed by atoms with Gasteiger partial charge in [0.1, 0.15) is 11.2 Å². The van der Waals surface area contributed by atoms with Crippen molar-refractivity contribution in [3.05, 3.63) is 206 Å². The van der Waals surface area contributed by atoms with Crippen LogP contribution in [0.3, 0.4) is 0 Å². The van der Waals surface area contributed by atoms with E-state index in [0.29, 0.717) is 5.82 Å². The second-order valence-corrected chi connectivity index (χ2v) is 15.3. The van der Waals surface area contributed by atoms with Crippen LogP contribution in [0.15, 0.2) is 211 Å². The molecule has 1 aliphatic rings. The van der Waals surface area contributed by atoms with Crippen LogP contribution < -0.4 is 0 Å². The maximum atomic E-state index is 6.55. The minimum absolute atomic E-state index is 0.681. The van der Waals surface area contributed by atoms with Crippen LogP contribution in [0.25, 0.3) is 122 Å². The SMILES string of the molecule is c1ccc(-c2cc(-c3cc(-c4ccc(-c5ccc6c7c(cccc57)-c5ccccc5-6)cc4)nc(-c4ccccc4)n3)cc(-c3cccc4c3oc3ccccc34)c2)cc1. The quantitative estimate of drug-likeness (QED) is 0.170. The molecule has 59 heavy (non-hydrogen) atoms. The van der Waals surface area contributed by atoms with E-state index in [0.717, 1.165) is 72.3 Å². The number of fused-ring (bicyclic) bond motifs is 6. The van der Waals surface area contributed by atoms with E-state index < -0.39 is 0 Å². The molecule has 11 aromatic rings. The second kappa shape index (κ2) is 13.4. The fraction of sp³-hybridized carbons (Fsp3) is 0. The van der Waals surface area contributed by atoms with Crippen LogP contribution in [0.4, 0.5) is 0 Å². The van der Waals surface area contributed by atoms with E-state index in [4.69, 9.17) is 14.4 Å². The molecule has 0 spiro atoms. The molecule has 0 fully saturated rings. The van der Waals surface area contributed by atoms with Gasteiger partial charge >= 0.3 is 0 Å². The van der Waals surface area contributed by atoms with Crippen molar-refractivity contribution in [2.24, 2.45) is 0 Å². The van der Waals surface area contributed by atoms with Crippen molar-refractivity contribution in [2.75, 3.05) is 0 Å². The van der Waals surface area contributed by atoms with E-state index in [9.17, 15) is 0 Å². The summed E-state index contributed by atoms with van der Waals surface area (Å²) in [5.41, 5.74) is 18.4. The summed E-state index contributed by atoms with van der Waals surface area (Å²) in [5, 5.41) is 4.82. The topological polar surface area (TPSA) is 38.9 Å². The van der Waals surface area contributed by atoms with Gasteiger partial charge in [0.2, 0.25) is 0 Å². The molecule has 0 amide bonds. The maximum absolute atomic E-state index is 6.55. The Bertz CT molecular complexity index is 3390. The smallest absolute Gasteiger partial charge is 0.160 e. The predicted molar refractivity (Wildman–Crippen MR) is 244 cm³/mol. The highest BCUT2D eigenvalue weighted by atomic mass is 16.3. The van der Waals surface area contributed by atoms with Crippen molar-refractivity contribution in [1.29, 1.82) is 0 Å². The first kappa shape index (κ1) is 33.3. The average Bonchev–Trinajstić information content (AvgIpc) is 3.86.